The number of halogens is 1. The number of benzene rings is 3. The van der Waals surface area contributed by atoms with E-state index in [-0.39, 0.29) is 11.8 Å². The molecule has 3 aromatic carbocycles. The molecule has 0 saturated heterocycles. The third kappa shape index (κ3) is 4.78. The first kappa shape index (κ1) is 23.1. The number of carbonyl (C=O) groups is 2. The highest BCUT2D eigenvalue weighted by atomic mass is 35.5. The maximum Gasteiger partial charge on any atom is 0.412 e. The summed E-state index contributed by atoms with van der Waals surface area (Å²) in [4.78, 5) is 24.6. The number of aromatic nitrogens is 1. The first-order valence-corrected chi connectivity index (χ1v) is 12.2. The molecule has 2 N–H and O–H groups in total. The predicted octanol–water partition coefficient (Wildman–Crippen LogP) is 7.00. The first-order chi connectivity index (χ1) is 17.0. The van der Waals surface area contributed by atoms with Crippen LogP contribution in [0.2, 0.25) is 5.15 Å². The molecular formula is C27H21ClN2O4S. The van der Waals surface area contributed by atoms with E-state index in [2.05, 4.69) is 9.69 Å². The Morgan fingerprint density at radius 3 is 2.14 bits per heavy atom. The summed E-state index contributed by atoms with van der Waals surface area (Å²) in [7, 11) is 0. The van der Waals surface area contributed by atoms with Gasteiger partial charge in [0.15, 0.2) is 5.15 Å². The summed E-state index contributed by atoms with van der Waals surface area (Å²) in [6.45, 7) is 0.151. The fourth-order valence-electron chi connectivity index (χ4n) is 3.98. The van der Waals surface area contributed by atoms with Gasteiger partial charge in [-0.2, -0.15) is 4.37 Å². The molecule has 1 aromatic heterocycles. The molecule has 0 spiro atoms. The fourth-order valence-corrected chi connectivity index (χ4v) is 5.03. The maximum atomic E-state index is 12.4. The zero-order valence-corrected chi connectivity index (χ0v) is 20.1. The molecule has 1 fully saturated rings. The van der Waals surface area contributed by atoms with Crippen LogP contribution in [0.4, 0.5) is 10.5 Å². The number of aliphatic carboxylic acids is 1. The summed E-state index contributed by atoms with van der Waals surface area (Å²) >= 11 is 7.44. The molecular weight excluding hydrogens is 484 g/mol. The van der Waals surface area contributed by atoms with Gasteiger partial charge in [-0.05, 0) is 52.2 Å². The van der Waals surface area contributed by atoms with E-state index < -0.39 is 17.5 Å². The van der Waals surface area contributed by atoms with E-state index in [4.69, 9.17) is 16.3 Å². The fraction of sp³-hybridized carbons (Fsp3) is 0.148. The van der Waals surface area contributed by atoms with Gasteiger partial charge in [-0.3, -0.25) is 10.1 Å². The van der Waals surface area contributed by atoms with Gasteiger partial charge in [0, 0.05) is 0 Å². The molecule has 6 nitrogen and oxygen atoms in total. The molecule has 176 valence electrons. The van der Waals surface area contributed by atoms with Gasteiger partial charge in [0.25, 0.3) is 0 Å². The highest BCUT2D eigenvalue weighted by Gasteiger charge is 2.51. The van der Waals surface area contributed by atoms with Crippen LogP contribution in [0.5, 0.6) is 0 Å². The van der Waals surface area contributed by atoms with E-state index in [1.807, 2.05) is 78.9 Å². The molecule has 1 heterocycles. The first-order valence-electron chi connectivity index (χ1n) is 11.0. The molecule has 0 unspecified atom stereocenters. The molecule has 35 heavy (non-hydrogen) atoms. The number of rotatable bonds is 7. The van der Waals surface area contributed by atoms with Crippen molar-refractivity contribution in [3.8, 4) is 21.6 Å². The van der Waals surface area contributed by atoms with E-state index in [1.54, 1.807) is 0 Å². The van der Waals surface area contributed by atoms with Crippen LogP contribution in [0.25, 0.3) is 21.6 Å². The van der Waals surface area contributed by atoms with Crippen molar-refractivity contribution < 1.29 is 19.4 Å². The van der Waals surface area contributed by atoms with E-state index in [0.717, 1.165) is 32.7 Å². The normalized spacial score (nSPS) is 13.7. The Morgan fingerprint density at radius 2 is 1.54 bits per heavy atom. The second kappa shape index (κ2) is 9.52. The van der Waals surface area contributed by atoms with Crippen molar-refractivity contribution in [3.05, 3.63) is 95.1 Å². The number of ether oxygens (including phenoxy) is 1. The lowest BCUT2D eigenvalue weighted by molar-refractivity contribution is -0.140. The Hall–Kier alpha value is -3.68. The van der Waals surface area contributed by atoms with Crippen molar-refractivity contribution in [2.45, 2.75) is 24.9 Å². The number of hydrogen-bond donors (Lipinski definition) is 2. The summed E-state index contributed by atoms with van der Waals surface area (Å²) in [5, 5.41) is 12.4. The van der Waals surface area contributed by atoms with Crippen molar-refractivity contribution in [2.75, 3.05) is 5.32 Å². The van der Waals surface area contributed by atoms with Gasteiger partial charge >= 0.3 is 12.1 Å². The third-order valence-corrected chi connectivity index (χ3v) is 7.44. The summed E-state index contributed by atoms with van der Waals surface area (Å²) < 4.78 is 9.49. The zero-order valence-electron chi connectivity index (χ0n) is 18.5. The molecule has 1 amide bonds. The van der Waals surface area contributed by atoms with Crippen LogP contribution in [0.3, 0.4) is 0 Å². The van der Waals surface area contributed by atoms with Gasteiger partial charge < -0.3 is 9.84 Å². The van der Waals surface area contributed by atoms with E-state index in [9.17, 15) is 14.7 Å². The van der Waals surface area contributed by atoms with Crippen LogP contribution < -0.4 is 5.32 Å². The number of amides is 1. The maximum absolute atomic E-state index is 12.4. The van der Waals surface area contributed by atoms with Gasteiger partial charge in [0.1, 0.15) is 12.3 Å². The van der Waals surface area contributed by atoms with Crippen molar-refractivity contribution in [1.82, 2.24) is 4.37 Å². The molecule has 0 aliphatic heterocycles. The molecule has 5 rings (SSSR count). The van der Waals surface area contributed by atoms with Crippen LogP contribution in [0.15, 0.2) is 78.9 Å². The lowest BCUT2D eigenvalue weighted by atomic mass is 9.93. The summed E-state index contributed by atoms with van der Waals surface area (Å²) in [5.74, 6) is -0.758. The van der Waals surface area contributed by atoms with Crippen molar-refractivity contribution in [2.24, 2.45) is 0 Å². The number of nitrogens with zero attached hydrogens (tertiary/aromatic N) is 1. The monoisotopic (exact) mass is 504 g/mol. The van der Waals surface area contributed by atoms with Crippen LogP contribution in [-0.4, -0.2) is 21.5 Å². The van der Waals surface area contributed by atoms with Crippen LogP contribution in [0.1, 0.15) is 24.0 Å². The molecule has 4 aromatic rings. The largest absolute Gasteiger partial charge is 0.481 e. The van der Waals surface area contributed by atoms with Gasteiger partial charge in [0.05, 0.1) is 10.3 Å². The Labute approximate surface area is 211 Å². The van der Waals surface area contributed by atoms with E-state index in [1.165, 1.54) is 11.5 Å². The average Bonchev–Trinajstić information content (AvgIpc) is 3.63. The van der Waals surface area contributed by atoms with Gasteiger partial charge in [-0.25, -0.2) is 4.79 Å². The molecule has 0 atom stereocenters. The summed E-state index contributed by atoms with van der Waals surface area (Å²) in [6, 6.07) is 24.9. The molecule has 1 saturated carbocycles. The van der Waals surface area contributed by atoms with Gasteiger partial charge in [-0.15, -0.1) is 0 Å². The minimum absolute atomic E-state index is 0.151. The number of carbonyl (C=O) groups excluding carboxylic acids is 1. The van der Waals surface area contributed by atoms with Crippen LogP contribution in [0, 0.1) is 0 Å². The zero-order chi connectivity index (χ0) is 24.4. The predicted molar refractivity (Wildman–Crippen MR) is 137 cm³/mol. The van der Waals surface area contributed by atoms with Gasteiger partial charge in [0.2, 0.25) is 0 Å². The Kier molecular flexibility index (Phi) is 6.28. The van der Waals surface area contributed by atoms with E-state index in [0.29, 0.717) is 18.5 Å². The van der Waals surface area contributed by atoms with Crippen LogP contribution in [-0.2, 0) is 21.6 Å². The Morgan fingerprint density at radius 1 is 0.943 bits per heavy atom. The quantitative estimate of drug-likeness (QED) is 0.283. The lowest BCUT2D eigenvalue weighted by Gasteiger charge is -2.11. The second-order valence-corrected chi connectivity index (χ2v) is 9.54. The van der Waals surface area contributed by atoms with Crippen molar-refractivity contribution >= 4 is 40.9 Å². The average molecular weight is 505 g/mol. The summed E-state index contributed by atoms with van der Waals surface area (Å²) in [5.41, 5.74) is 4.28. The lowest BCUT2D eigenvalue weighted by Crippen LogP contribution is -2.19. The van der Waals surface area contributed by atoms with E-state index >= 15 is 0 Å². The topological polar surface area (TPSA) is 88.5 Å². The van der Waals surface area contributed by atoms with Crippen molar-refractivity contribution in [3.63, 3.8) is 0 Å². The minimum Gasteiger partial charge on any atom is -0.481 e. The molecule has 1 aliphatic carbocycles. The Balaban J connectivity index is 1.29. The summed E-state index contributed by atoms with van der Waals surface area (Å²) in [6.07, 6.45) is 0.761. The molecule has 8 heteroatoms. The number of carboxylic acid groups (broad SMARTS) is 1. The molecule has 0 bridgehead atoms. The number of carboxylic acids is 1. The highest BCUT2D eigenvalue weighted by molar-refractivity contribution is 7.10. The number of nitrogens with one attached hydrogen (secondary N) is 1. The highest BCUT2D eigenvalue weighted by Crippen LogP contribution is 2.48. The third-order valence-electron chi connectivity index (χ3n) is 6.17. The SMILES string of the molecule is O=C(Nc1c(Cl)nsc1-c1ccc(-c2ccc(C3(C(=O)O)CC3)cc2)cc1)OCc1ccccc1. The Bertz CT molecular complexity index is 1360. The minimum atomic E-state index is -0.758. The van der Waals surface area contributed by atoms with Gasteiger partial charge in [-0.1, -0.05) is 90.5 Å². The number of hydrogen-bond acceptors (Lipinski definition) is 5. The second-order valence-electron chi connectivity index (χ2n) is 8.41. The molecule has 1 aliphatic rings. The molecule has 0 radical (unpaired) electrons. The number of anilines is 1. The standard InChI is InChI=1S/C27H21ClN2O4S/c28-24-22(29-26(33)34-16-17-4-2-1-3-5-17)23(35-30-24)20-8-6-18(7-9-20)19-10-12-21(13-11-19)27(14-15-27)25(31)32/h1-13H,14-16H2,(H,29,33)(H,31,32). The smallest absolute Gasteiger partial charge is 0.412 e. The van der Waals surface area contributed by atoms with Crippen LogP contribution >= 0.6 is 23.1 Å². The van der Waals surface area contributed by atoms with Crippen molar-refractivity contribution in [1.29, 1.82) is 0 Å².